The molecule has 0 radical (unpaired) electrons. The molecule has 3 rings (SSSR count). The highest BCUT2D eigenvalue weighted by Gasteiger charge is 2.35. The van der Waals surface area contributed by atoms with Crippen molar-refractivity contribution in [3.8, 4) is 18.1 Å². The molecule has 1 atom stereocenters. The highest BCUT2D eigenvalue weighted by atomic mass is 16.5. The van der Waals surface area contributed by atoms with E-state index in [0.717, 1.165) is 11.3 Å². The first-order valence-corrected chi connectivity index (χ1v) is 7.44. The number of hydrogen-bond donors (Lipinski definition) is 1. The van der Waals surface area contributed by atoms with Gasteiger partial charge in [0.05, 0.1) is 12.6 Å². The van der Waals surface area contributed by atoms with Gasteiger partial charge in [0.25, 0.3) is 0 Å². The lowest BCUT2D eigenvalue weighted by atomic mass is 10.0. The third-order valence-electron chi connectivity index (χ3n) is 4.12. The molecule has 1 N–H and O–H groups in total. The van der Waals surface area contributed by atoms with Crippen molar-refractivity contribution in [2.75, 3.05) is 6.61 Å². The zero-order valence-corrected chi connectivity index (χ0v) is 12.3. The molecule has 2 amide bonds. The summed E-state index contributed by atoms with van der Waals surface area (Å²) in [7, 11) is 0. The lowest BCUT2D eigenvalue weighted by molar-refractivity contribution is -0.137. The van der Waals surface area contributed by atoms with E-state index in [1.807, 2.05) is 12.1 Å². The van der Waals surface area contributed by atoms with Gasteiger partial charge in [0, 0.05) is 31.5 Å². The molecule has 1 aromatic carbocycles. The van der Waals surface area contributed by atoms with Crippen molar-refractivity contribution in [2.24, 2.45) is 0 Å². The third kappa shape index (κ3) is 2.83. The van der Waals surface area contributed by atoms with E-state index in [9.17, 15) is 9.59 Å². The van der Waals surface area contributed by atoms with E-state index in [1.165, 1.54) is 5.56 Å². The Balaban J connectivity index is 1.72. The summed E-state index contributed by atoms with van der Waals surface area (Å²) in [6.45, 7) is 1.85. The minimum Gasteiger partial charge on any atom is -0.492 e. The molecule has 1 aromatic rings. The predicted molar refractivity (Wildman–Crippen MR) is 80.8 cm³/mol. The number of carbonyl (C=O) groups is 2. The number of nitrogens with zero attached hydrogens (tertiary/aromatic N) is 1. The minimum atomic E-state index is -0.247. The van der Waals surface area contributed by atoms with Gasteiger partial charge in [-0.1, -0.05) is 12.1 Å². The van der Waals surface area contributed by atoms with Crippen molar-refractivity contribution in [3.05, 3.63) is 29.3 Å². The van der Waals surface area contributed by atoms with Gasteiger partial charge in [0.1, 0.15) is 5.75 Å². The van der Waals surface area contributed by atoms with Crippen LogP contribution in [0.1, 0.15) is 30.4 Å². The molecule has 0 bridgehead atoms. The molecular formula is C17H18N2O3. The smallest absolute Gasteiger partial charge is 0.243 e. The number of fused-ring (bicyclic) bond motifs is 1. The number of carbonyl (C=O) groups excluding carboxylic acids is 2. The minimum absolute atomic E-state index is 0.184. The number of imide groups is 1. The maximum absolute atomic E-state index is 12.0. The summed E-state index contributed by atoms with van der Waals surface area (Å²) in [6, 6.07) is 5.69. The number of rotatable bonds is 4. The largest absolute Gasteiger partial charge is 0.492 e. The van der Waals surface area contributed by atoms with Crippen LogP contribution < -0.4 is 10.1 Å². The van der Waals surface area contributed by atoms with Crippen molar-refractivity contribution < 1.29 is 14.3 Å². The molecule has 5 nitrogen and oxygen atoms in total. The lowest BCUT2D eigenvalue weighted by Crippen LogP contribution is -2.50. The first-order chi connectivity index (χ1) is 10.7. The van der Waals surface area contributed by atoms with E-state index in [2.05, 4.69) is 22.2 Å². The standard InChI is InChI=1S/C17H18N2O3/c1-2-3-9-22-15-6-4-5-12-10-19(11-13(12)15)14-7-8-16(20)18-17(14)21/h1,4-6,14H,3,7-11H2,(H,18,20,21). The summed E-state index contributed by atoms with van der Waals surface area (Å²) in [4.78, 5) is 25.4. The number of terminal acetylenes is 1. The highest BCUT2D eigenvalue weighted by molar-refractivity contribution is 6.00. The fourth-order valence-corrected chi connectivity index (χ4v) is 3.02. The quantitative estimate of drug-likeness (QED) is 0.516. The van der Waals surface area contributed by atoms with E-state index in [4.69, 9.17) is 11.2 Å². The van der Waals surface area contributed by atoms with Crippen LogP contribution in [0.4, 0.5) is 0 Å². The molecule has 0 aliphatic carbocycles. The molecule has 114 valence electrons. The average Bonchev–Trinajstić information content (AvgIpc) is 2.92. The predicted octanol–water partition coefficient (Wildman–Crippen LogP) is 1.21. The number of hydrogen-bond acceptors (Lipinski definition) is 4. The first kappa shape index (κ1) is 14.6. The second kappa shape index (κ2) is 6.20. The molecule has 0 aromatic heterocycles. The van der Waals surface area contributed by atoms with E-state index >= 15 is 0 Å². The average molecular weight is 298 g/mol. The number of ether oxygens (including phenoxy) is 1. The van der Waals surface area contributed by atoms with Crippen molar-refractivity contribution in [1.82, 2.24) is 10.2 Å². The van der Waals surface area contributed by atoms with E-state index in [1.54, 1.807) is 0 Å². The van der Waals surface area contributed by atoms with Crippen LogP contribution in [0, 0.1) is 12.3 Å². The zero-order chi connectivity index (χ0) is 15.5. The van der Waals surface area contributed by atoms with Crippen molar-refractivity contribution in [1.29, 1.82) is 0 Å². The molecule has 2 aliphatic heterocycles. The van der Waals surface area contributed by atoms with E-state index in [0.29, 0.717) is 39.0 Å². The molecule has 22 heavy (non-hydrogen) atoms. The molecule has 0 spiro atoms. The van der Waals surface area contributed by atoms with Gasteiger partial charge in [-0.2, -0.15) is 0 Å². The van der Waals surface area contributed by atoms with Crippen LogP contribution in [-0.2, 0) is 22.7 Å². The molecule has 2 aliphatic rings. The third-order valence-corrected chi connectivity index (χ3v) is 4.12. The Morgan fingerprint density at radius 1 is 1.36 bits per heavy atom. The van der Waals surface area contributed by atoms with Gasteiger partial charge >= 0.3 is 0 Å². The fraction of sp³-hybridized carbons (Fsp3) is 0.412. The van der Waals surface area contributed by atoms with Gasteiger partial charge in [0.15, 0.2) is 0 Å². The van der Waals surface area contributed by atoms with Crippen molar-refractivity contribution in [3.63, 3.8) is 0 Å². The number of benzene rings is 1. The van der Waals surface area contributed by atoms with Crippen LogP contribution in [0.3, 0.4) is 0 Å². The topological polar surface area (TPSA) is 58.6 Å². The summed E-state index contributed by atoms with van der Waals surface area (Å²) in [5, 5.41) is 2.42. The van der Waals surface area contributed by atoms with Crippen LogP contribution in [0.25, 0.3) is 0 Å². The van der Waals surface area contributed by atoms with E-state index in [-0.39, 0.29) is 17.9 Å². The van der Waals surface area contributed by atoms with Crippen LogP contribution in [-0.4, -0.2) is 29.4 Å². The summed E-state index contributed by atoms with van der Waals surface area (Å²) in [6.07, 6.45) is 6.78. The van der Waals surface area contributed by atoms with Gasteiger partial charge < -0.3 is 4.74 Å². The monoisotopic (exact) mass is 298 g/mol. The molecule has 2 heterocycles. The second-order valence-corrected chi connectivity index (χ2v) is 5.57. The second-order valence-electron chi connectivity index (χ2n) is 5.57. The molecule has 1 saturated heterocycles. The Kier molecular flexibility index (Phi) is 4.12. The molecule has 1 unspecified atom stereocenters. The molecular weight excluding hydrogens is 280 g/mol. The Hall–Kier alpha value is -2.32. The van der Waals surface area contributed by atoms with Crippen LogP contribution in [0.5, 0.6) is 5.75 Å². The number of amides is 2. The maximum atomic E-state index is 12.0. The first-order valence-electron chi connectivity index (χ1n) is 7.44. The number of piperidine rings is 1. The Labute approximate surface area is 129 Å². The Morgan fingerprint density at radius 2 is 2.23 bits per heavy atom. The number of nitrogens with one attached hydrogen (secondary N) is 1. The zero-order valence-electron chi connectivity index (χ0n) is 12.3. The van der Waals surface area contributed by atoms with Crippen molar-refractivity contribution >= 4 is 11.8 Å². The van der Waals surface area contributed by atoms with Gasteiger partial charge in [-0.15, -0.1) is 12.3 Å². The summed E-state index contributed by atoms with van der Waals surface area (Å²) < 4.78 is 5.74. The van der Waals surface area contributed by atoms with Gasteiger partial charge in [-0.25, -0.2) is 0 Å². The van der Waals surface area contributed by atoms with Gasteiger partial charge in [-0.05, 0) is 18.1 Å². The summed E-state index contributed by atoms with van der Waals surface area (Å²) in [5.74, 6) is 3.01. The normalized spacial score (nSPS) is 21.1. The van der Waals surface area contributed by atoms with E-state index < -0.39 is 0 Å². The summed E-state index contributed by atoms with van der Waals surface area (Å²) in [5.41, 5.74) is 2.28. The Bertz CT molecular complexity index is 648. The molecule has 0 saturated carbocycles. The SMILES string of the molecule is C#CCCOc1cccc2c1CN(C1CCC(=O)NC1=O)C2. The van der Waals surface area contributed by atoms with Crippen molar-refractivity contribution in [2.45, 2.75) is 38.4 Å². The van der Waals surface area contributed by atoms with Gasteiger partial charge in [-0.3, -0.25) is 19.8 Å². The molecule has 5 heteroatoms. The fourth-order valence-electron chi connectivity index (χ4n) is 3.02. The van der Waals surface area contributed by atoms with Crippen LogP contribution >= 0.6 is 0 Å². The lowest BCUT2D eigenvalue weighted by Gasteiger charge is -2.29. The Morgan fingerprint density at radius 3 is 3.00 bits per heavy atom. The van der Waals surface area contributed by atoms with Crippen LogP contribution in [0.15, 0.2) is 18.2 Å². The summed E-state index contributed by atoms with van der Waals surface area (Å²) >= 11 is 0. The highest BCUT2D eigenvalue weighted by Crippen LogP contribution is 2.33. The maximum Gasteiger partial charge on any atom is 0.243 e. The molecule has 1 fully saturated rings. The van der Waals surface area contributed by atoms with Gasteiger partial charge in [0.2, 0.25) is 11.8 Å². The van der Waals surface area contributed by atoms with Crippen LogP contribution in [0.2, 0.25) is 0 Å².